The predicted molar refractivity (Wildman–Crippen MR) is 61.0 cm³/mol. The topological polar surface area (TPSA) is 0 Å². The molecule has 4 bridgehead atoms. The normalized spacial score (nSPS) is 51.2. The summed E-state index contributed by atoms with van der Waals surface area (Å²) in [6.07, 6.45) is 16.9. The van der Waals surface area contributed by atoms with Crippen LogP contribution in [0.3, 0.4) is 0 Å². The van der Waals surface area contributed by atoms with Crippen molar-refractivity contribution in [3.05, 3.63) is 23.8 Å². The van der Waals surface area contributed by atoms with Gasteiger partial charge in [0.1, 0.15) is 0 Å². The molecule has 0 aromatic rings. The number of rotatable bonds is 1. The second-order valence-electron chi connectivity index (χ2n) is 6.21. The molecule has 0 N–H and O–H groups in total. The maximum absolute atomic E-state index is 3.36. The lowest BCUT2D eigenvalue weighted by Gasteiger charge is -2.54. The number of hydrogen-bond acceptors (Lipinski definition) is 0. The van der Waals surface area contributed by atoms with E-state index in [1.54, 1.807) is 37.7 Å². The maximum atomic E-state index is 3.36. The summed E-state index contributed by atoms with van der Waals surface area (Å²) in [4.78, 5) is 0. The van der Waals surface area contributed by atoms with Crippen molar-refractivity contribution in [1.29, 1.82) is 0 Å². The Bertz CT molecular complexity index is 306. The quantitative estimate of drug-likeness (QED) is 0.603. The van der Waals surface area contributed by atoms with Gasteiger partial charge in [-0.1, -0.05) is 12.2 Å². The van der Waals surface area contributed by atoms with Crippen LogP contribution in [0.15, 0.2) is 17.7 Å². The summed E-state index contributed by atoms with van der Waals surface area (Å²) in [5, 5.41) is 0. The zero-order chi connectivity index (χ0) is 9.83. The molecule has 5 aliphatic carbocycles. The zero-order valence-electron chi connectivity index (χ0n) is 9.28. The van der Waals surface area contributed by atoms with E-state index in [4.69, 9.17) is 0 Å². The first-order chi connectivity index (χ1) is 7.40. The lowest BCUT2D eigenvalue weighted by atomic mass is 9.50. The van der Waals surface area contributed by atoms with Crippen LogP contribution >= 0.6 is 0 Å². The minimum absolute atomic E-state index is 0.938. The van der Waals surface area contributed by atoms with E-state index in [0.717, 1.165) is 36.0 Å². The fourth-order valence-electron chi connectivity index (χ4n) is 5.11. The van der Waals surface area contributed by atoms with Gasteiger partial charge in [0.15, 0.2) is 0 Å². The molecule has 0 saturated heterocycles. The highest BCUT2D eigenvalue weighted by atomic mass is 14.5. The van der Waals surface area contributed by atoms with Crippen LogP contribution < -0.4 is 0 Å². The summed E-state index contributed by atoms with van der Waals surface area (Å²) in [7, 11) is 0. The van der Waals surface area contributed by atoms with Crippen molar-refractivity contribution in [3.63, 3.8) is 0 Å². The molecule has 79 valence electrons. The summed E-state index contributed by atoms with van der Waals surface area (Å²) in [6.45, 7) is 0. The van der Waals surface area contributed by atoms with Crippen LogP contribution in [-0.2, 0) is 0 Å². The Balaban J connectivity index is 1.67. The molecule has 0 spiro atoms. The fourth-order valence-corrected chi connectivity index (χ4v) is 5.11. The van der Waals surface area contributed by atoms with Crippen molar-refractivity contribution in [2.45, 2.75) is 38.5 Å². The van der Waals surface area contributed by atoms with E-state index in [1.807, 2.05) is 0 Å². The number of allylic oxidation sites excluding steroid dienone is 4. The number of hydrogen-bond donors (Lipinski definition) is 0. The highest BCUT2D eigenvalue weighted by Crippen LogP contribution is 2.58. The van der Waals surface area contributed by atoms with Gasteiger partial charge in [-0.25, -0.2) is 0 Å². The molecule has 0 aromatic heterocycles. The molecule has 5 rings (SSSR count). The Labute approximate surface area is 92.4 Å². The van der Waals surface area contributed by atoms with Gasteiger partial charge in [0, 0.05) is 0 Å². The third-order valence-corrected chi connectivity index (χ3v) is 5.34. The van der Waals surface area contributed by atoms with Gasteiger partial charge in [0.05, 0.1) is 0 Å². The molecule has 0 aliphatic heterocycles. The van der Waals surface area contributed by atoms with Crippen molar-refractivity contribution in [2.24, 2.45) is 29.6 Å². The van der Waals surface area contributed by atoms with Crippen LogP contribution in [0.1, 0.15) is 38.5 Å². The van der Waals surface area contributed by atoms with Crippen LogP contribution in [0.25, 0.3) is 0 Å². The minimum atomic E-state index is 0.938. The van der Waals surface area contributed by atoms with E-state index >= 15 is 0 Å². The zero-order valence-corrected chi connectivity index (χ0v) is 9.28. The van der Waals surface area contributed by atoms with E-state index in [9.17, 15) is 0 Å². The van der Waals surface area contributed by atoms with E-state index in [2.05, 4.69) is 18.2 Å². The lowest BCUT2D eigenvalue weighted by Crippen LogP contribution is -2.45. The van der Waals surface area contributed by atoms with Gasteiger partial charge in [-0.2, -0.15) is 0 Å². The molecule has 4 saturated carbocycles. The minimum Gasteiger partial charge on any atom is -0.0766 e. The molecule has 0 unspecified atom stereocenters. The van der Waals surface area contributed by atoms with Gasteiger partial charge in [0.25, 0.3) is 0 Å². The molecular formula is C15H19. The second kappa shape index (κ2) is 2.99. The molecule has 4 fully saturated rings. The third-order valence-electron chi connectivity index (χ3n) is 5.34. The highest BCUT2D eigenvalue weighted by molar-refractivity contribution is 5.29. The molecule has 0 nitrogen and oxygen atoms in total. The first-order valence-electron chi connectivity index (χ1n) is 6.67. The van der Waals surface area contributed by atoms with Crippen molar-refractivity contribution < 1.29 is 0 Å². The van der Waals surface area contributed by atoms with Gasteiger partial charge in [0.2, 0.25) is 0 Å². The SMILES string of the molecule is [C]1=CC(C2C3CC4CC(C3)CC2C4)=CC1. The predicted octanol–water partition coefficient (Wildman–Crippen LogP) is 3.75. The Kier molecular flexibility index (Phi) is 1.72. The average Bonchev–Trinajstić information content (AvgIpc) is 2.69. The van der Waals surface area contributed by atoms with E-state index < -0.39 is 0 Å². The molecule has 5 aliphatic rings. The molecule has 0 aromatic carbocycles. The van der Waals surface area contributed by atoms with Gasteiger partial charge in [-0.3, -0.25) is 0 Å². The average molecular weight is 199 g/mol. The molecule has 15 heavy (non-hydrogen) atoms. The van der Waals surface area contributed by atoms with Gasteiger partial charge in [-0.05, 0) is 79.8 Å². The Morgan fingerprint density at radius 1 is 0.933 bits per heavy atom. The standard InChI is InChI=1S/C15H19/c1-2-4-12(3-1)15-13-6-10-5-11(8-13)9-14(15)7-10/h3-4,10-11,13-15H,1,5-9H2. The molecule has 0 heteroatoms. The van der Waals surface area contributed by atoms with Crippen molar-refractivity contribution in [2.75, 3.05) is 0 Å². The van der Waals surface area contributed by atoms with Crippen molar-refractivity contribution in [3.8, 4) is 0 Å². The van der Waals surface area contributed by atoms with Crippen LogP contribution in [-0.4, -0.2) is 0 Å². The van der Waals surface area contributed by atoms with Gasteiger partial charge < -0.3 is 0 Å². The first kappa shape index (κ1) is 8.61. The second-order valence-corrected chi connectivity index (χ2v) is 6.21. The molecule has 0 heterocycles. The summed E-state index contributed by atoms with van der Waals surface area (Å²) < 4.78 is 0. The summed E-state index contributed by atoms with van der Waals surface area (Å²) in [6, 6.07) is 0. The van der Waals surface area contributed by atoms with E-state index in [1.165, 1.54) is 0 Å². The van der Waals surface area contributed by atoms with Crippen LogP contribution in [0.4, 0.5) is 0 Å². The molecular weight excluding hydrogens is 180 g/mol. The van der Waals surface area contributed by atoms with Crippen LogP contribution in [0.5, 0.6) is 0 Å². The maximum Gasteiger partial charge on any atom is -0.00886 e. The van der Waals surface area contributed by atoms with Crippen LogP contribution in [0, 0.1) is 35.7 Å². The largest absolute Gasteiger partial charge is 0.0766 e. The lowest BCUT2D eigenvalue weighted by molar-refractivity contribution is -0.0194. The third kappa shape index (κ3) is 1.20. The van der Waals surface area contributed by atoms with Gasteiger partial charge in [-0.15, -0.1) is 0 Å². The first-order valence-corrected chi connectivity index (χ1v) is 6.67. The molecule has 0 amide bonds. The summed E-state index contributed by atoms with van der Waals surface area (Å²) in [5.41, 5.74) is 1.66. The Hall–Kier alpha value is -0.520. The monoisotopic (exact) mass is 199 g/mol. The highest BCUT2D eigenvalue weighted by Gasteiger charge is 2.48. The summed E-state index contributed by atoms with van der Waals surface area (Å²) >= 11 is 0. The van der Waals surface area contributed by atoms with E-state index in [0.29, 0.717) is 0 Å². The Morgan fingerprint density at radius 3 is 2.13 bits per heavy atom. The van der Waals surface area contributed by atoms with Crippen LogP contribution in [0.2, 0.25) is 0 Å². The van der Waals surface area contributed by atoms with Crippen molar-refractivity contribution in [1.82, 2.24) is 0 Å². The van der Waals surface area contributed by atoms with E-state index in [-0.39, 0.29) is 0 Å². The molecule has 0 atom stereocenters. The molecule has 1 radical (unpaired) electrons. The van der Waals surface area contributed by atoms with Crippen molar-refractivity contribution >= 4 is 0 Å². The Morgan fingerprint density at radius 2 is 1.60 bits per heavy atom. The smallest absolute Gasteiger partial charge is 0.00886 e. The van der Waals surface area contributed by atoms with Gasteiger partial charge >= 0.3 is 0 Å². The fraction of sp³-hybridized carbons (Fsp3) is 0.733. The summed E-state index contributed by atoms with van der Waals surface area (Å²) in [5.74, 6) is 5.25.